The number of hydrogen-bond donors (Lipinski definition) is 1. The largest absolute Gasteiger partial charge is 0.424 e. The third kappa shape index (κ3) is 4.57. The number of benzene rings is 1. The molecule has 17 heavy (non-hydrogen) atoms. The summed E-state index contributed by atoms with van der Waals surface area (Å²) in [4.78, 5) is 11.8. The van der Waals surface area contributed by atoms with Crippen LogP contribution in [0.15, 0.2) is 30.3 Å². The Labute approximate surface area is 102 Å². The SMILES string of the molecule is CCCCCC(C)(O)C(=O)Oc1ccccc1. The highest BCUT2D eigenvalue weighted by Gasteiger charge is 2.31. The van der Waals surface area contributed by atoms with Gasteiger partial charge in [-0.25, -0.2) is 4.79 Å². The van der Waals surface area contributed by atoms with Crippen LogP contribution in [0, 0.1) is 0 Å². The van der Waals surface area contributed by atoms with Gasteiger partial charge in [-0.15, -0.1) is 0 Å². The van der Waals surface area contributed by atoms with E-state index in [1.807, 2.05) is 6.07 Å². The summed E-state index contributed by atoms with van der Waals surface area (Å²) in [6.07, 6.45) is 3.33. The van der Waals surface area contributed by atoms with Crippen LogP contribution >= 0.6 is 0 Å². The van der Waals surface area contributed by atoms with Gasteiger partial charge in [0.05, 0.1) is 0 Å². The first-order chi connectivity index (χ1) is 8.06. The molecule has 3 heteroatoms. The van der Waals surface area contributed by atoms with Crippen LogP contribution in [0.3, 0.4) is 0 Å². The average molecular weight is 236 g/mol. The smallest absolute Gasteiger partial charge is 0.343 e. The first-order valence-corrected chi connectivity index (χ1v) is 6.06. The molecule has 0 saturated heterocycles. The van der Waals surface area contributed by atoms with Crippen LogP contribution in [0.1, 0.15) is 39.5 Å². The number of carbonyl (C=O) groups excluding carboxylic acids is 1. The van der Waals surface area contributed by atoms with Crippen LogP contribution in [0.2, 0.25) is 0 Å². The zero-order chi connectivity index (χ0) is 12.7. The van der Waals surface area contributed by atoms with Crippen molar-refractivity contribution in [1.82, 2.24) is 0 Å². The number of aliphatic hydroxyl groups is 1. The molecule has 1 unspecified atom stereocenters. The molecule has 1 N–H and O–H groups in total. The first-order valence-electron chi connectivity index (χ1n) is 6.06. The number of unbranched alkanes of at least 4 members (excludes halogenated alkanes) is 2. The van der Waals surface area contributed by atoms with E-state index in [1.165, 1.54) is 6.92 Å². The number of carbonyl (C=O) groups is 1. The van der Waals surface area contributed by atoms with Gasteiger partial charge in [-0.3, -0.25) is 0 Å². The van der Waals surface area contributed by atoms with E-state index in [2.05, 4.69) is 6.92 Å². The van der Waals surface area contributed by atoms with Crippen LogP contribution in [-0.4, -0.2) is 16.7 Å². The fourth-order valence-electron chi connectivity index (χ4n) is 1.53. The van der Waals surface area contributed by atoms with Crippen molar-refractivity contribution >= 4 is 5.97 Å². The molecule has 1 atom stereocenters. The predicted octanol–water partition coefficient (Wildman–Crippen LogP) is 2.92. The van der Waals surface area contributed by atoms with Gasteiger partial charge in [0, 0.05) is 0 Å². The van der Waals surface area contributed by atoms with Gasteiger partial charge >= 0.3 is 5.97 Å². The highest BCUT2D eigenvalue weighted by molar-refractivity contribution is 5.80. The van der Waals surface area contributed by atoms with Gasteiger partial charge in [0.15, 0.2) is 5.60 Å². The van der Waals surface area contributed by atoms with Crippen molar-refractivity contribution in [3.05, 3.63) is 30.3 Å². The maximum Gasteiger partial charge on any atom is 0.343 e. The van der Waals surface area contributed by atoms with E-state index in [-0.39, 0.29) is 0 Å². The summed E-state index contributed by atoms with van der Waals surface area (Å²) in [7, 11) is 0. The standard InChI is InChI=1S/C14H20O3/c1-3-4-8-11-14(2,16)13(15)17-12-9-6-5-7-10-12/h5-7,9-10,16H,3-4,8,11H2,1-2H3. The van der Waals surface area contributed by atoms with Gasteiger partial charge in [0.25, 0.3) is 0 Å². The first kappa shape index (κ1) is 13.7. The number of ether oxygens (including phenoxy) is 1. The van der Waals surface area contributed by atoms with E-state index >= 15 is 0 Å². The predicted molar refractivity (Wildman–Crippen MR) is 66.8 cm³/mol. The van der Waals surface area contributed by atoms with Crippen LogP contribution in [0.5, 0.6) is 5.75 Å². The van der Waals surface area contributed by atoms with Gasteiger partial charge in [0.2, 0.25) is 0 Å². The average Bonchev–Trinajstić information content (AvgIpc) is 2.30. The van der Waals surface area contributed by atoms with Crippen molar-refractivity contribution in [3.63, 3.8) is 0 Å². The third-order valence-corrected chi connectivity index (χ3v) is 2.66. The van der Waals surface area contributed by atoms with Gasteiger partial charge < -0.3 is 9.84 Å². The maximum absolute atomic E-state index is 11.8. The highest BCUT2D eigenvalue weighted by atomic mass is 16.6. The molecule has 0 aliphatic heterocycles. The maximum atomic E-state index is 11.8. The van der Waals surface area contributed by atoms with Crippen molar-refractivity contribution in [3.8, 4) is 5.75 Å². The van der Waals surface area contributed by atoms with E-state index in [0.29, 0.717) is 12.2 Å². The second kappa shape index (κ2) is 6.40. The van der Waals surface area contributed by atoms with E-state index < -0.39 is 11.6 Å². The lowest BCUT2D eigenvalue weighted by Gasteiger charge is -2.20. The molecule has 0 aromatic heterocycles. The van der Waals surface area contributed by atoms with Gasteiger partial charge in [-0.1, -0.05) is 38.0 Å². The molecule has 1 rings (SSSR count). The van der Waals surface area contributed by atoms with Crippen molar-refractivity contribution in [2.24, 2.45) is 0 Å². The Morgan fingerprint density at radius 1 is 1.29 bits per heavy atom. The fraction of sp³-hybridized carbons (Fsp3) is 0.500. The summed E-state index contributed by atoms with van der Waals surface area (Å²) < 4.78 is 5.12. The van der Waals surface area contributed by atoms with Crippen molar-refractivity contribution < 1.29 is 14.6 Å². The molecule has 0 saturated carbocycles. The number of rotatable bonds is 6. The lowest BCUT2D eigenvalue weighted by Crippen LogP contribution is -2.38. The molecule has 1 aromatic rings. The molecule has 94 valence electrons. The lowest BCUT2D eigenvalue weighted by molar-refractivity contribution is -0.154. The Hall–Kier alpha value is -1.35. The molecular weight excluding hydrogens is 216 g/mol. The summed E-state index contributed by atoms with van der Waals surface area (Å²) in [5.41, 5.74) is -1.40. The van der Waals surface area contributed by atoms with Crippen molar-refractivity contribution in [2.45, 2.75) is 45.1 Å². The Morgan fingerprint density at radius 3 is 2.53 bits per heavy atom. The van der Waals surface area contributed by atoms with Crippen LogP contribution in [0.4, 0.5) is 0 Å². The zero-order valence-corrected chi connectivity index (χ0v) is 10.5. The second-order valence-electron chi connectivity index (χ2n) is 4.43. The minimum absolute atomic E-state index is 0.437. The van der Waals surface area contributed by atoms with Gasteiger partial charge in [-0.2, -0.15) is 0 Å². The Balaban J connectivity index is 2.51. The molecule has 1 aromatic carbocycles. The molecule has 0 radical (unpaired) electrons. The molecule has 3 nitrogen and oxygen atoms in total. The lowest BCUT2D eigenvalue weighted by atomic mass is 9.99. The monoisotopic (exact) mass is 236 g/mol. The van der Waals surface area contributed by atoms with E-state index in [0.717, 1.165) is 19.3 Å². The molecule has 0 bridgehead atoms. The number of esters is 1. The van der Waals surface area contributed by atoms with E-state index in [4.69, 9.17) is 4.74 Å². The van der Waals surface area contributed by atoms with Crippen LogP contribution < -0.4 is 4.74 Å². The summed E-state index contributed by atoms with van der Waals surface area (Å²) in [5.74, 6) is -0.118. The van der Waals surface area contributed by atoms with Crippen molar-refractivity contribution in [1.29, 1.82) is 0 Å². The Morgan fingerprint density at radius 2 is 1.94 bits per heavy atom. The van der Waals surface area contributed by atoms with Gasteiger partial charge in [0.1, 0.15) is 5.75 Å². The second-order valence-corrected chi connectivity index (χ2v) is 4.43. The highest BCUT2D eigenvalue weighted by Crippen LogP contribution is 2.18. The summed E-state index contributed by atoms with van der Waals surface area (Å²) in [6.45, 7) is 3.59. The summed E-state index contributed by atoms with van der Waals surface area (Å²) in [5, 5.41) is 10.00. The molecule has 0 aliphatic rings. The topological polar surface area (TPSA) is 46.5 Å². The van der Waals surface area contributed by atoms with Crippen LogP contribution in [0.25, 0.3) is 0 Å². The minimum atomic E-state index is -1.40. The van der Waals surface area contributed by atoms with Crippen LogP contribution in [-0.2, 0) is 4.79 Å². The molecule has 0 heterocycles. The molecular formula is C14H20O3. The minimum Gasteiger partial charge on any atom is -0.424 e. The van der Waals surface area contributed by atoms with E-state index in [9.17, 15) is 9.90 Å². The van der Waals surface area contributed by atoms with E-state index in [1.54, 1.807) is 24.3 Å². The number of hydrogen-bond acceptors (Lipinski definition) is 3. The zero-order valence-electron chi connectivity index (χ0n) is 10.5. The van der Waals surface area contributed by atoms with Crippen molar-refractivity contribution in [2.75, 3.05) is 0 Å². The molecule has 0 aliphatic carbocycles. The molecule has 0 amide bonds. The van der Waals surface area contributed by atoms with Gasteiger partial charge in [-0.05, 0) is 31.9 Å². The summed E-state index contributed by atoms with van der Waals surface area (Å²) >= 11 is 0. The Bertz CT molecular complexity index is 344. The molecule has 0 spiro atoms. The Kier molecular flexibility index (Phi) is 5.16. The third-order valence-electron chi connectivity index (χ3n) is 2.66. The summed E-state index contributed by atoms with van der Waals surface area (Å²) in [6, 6.07) is 8.81. The normalized spacial score (nSPS) is 14.1. The fourth-order valence-corrected chi connectivity index (χ4v) is 1.53. The number of para-hydroxylation sites is 1. The molecule has 0 fully saturated rings. The quantitative estimate of drug-likeness (QED) is 0.469.